The predicted octanol–water partition coefficient (Wildman–Crippen LogP) is 3.95. The normalized spacial score (nSPS) is 20.4. The van der Waals surface area contributed by atoms with Crippen molar-refractivity contribution >= 4 is 35.2 Å². The molecule has 26 heavy (non-hydrogen) atoms. The molecule has 3 rings (SSSR count). The molecule has 138 valence electrons. The predicted molar refractivity (Wildman–Crippen MR) is 101 cm³/mol. The third-order valence-corrected chi connectivity index (χ3v) is 4.95. The number of primary amides is 1. The first kappa shape index (κ1) is 18.4. The largest absolute Gasteiger partial charge is 0.365 e. The number of amides is 1. The van der Waals surface area contributed by atoms with Crippen LogP contribution in [0.15, 0.2) is 29.4 Å². The summed E-state index contributed by atoms with van der Waals surface area (Å²) >= 11 is 5.71. The molecule has 8 heteroatoms. The highest BCUT2D eigenvalue weighted by Crippen LogP contribution is 2.34. The molecule has 0 spiro atoms. The van der Waals surface area contributed by atoms with Gasteiger partial charge in [0, 0.05) is 31.1 Å². The van der Waals surface area contributed by atoms with Crippen LogP contribution >= 0.6 is 11.6 Å². The van der Waals surface area contributed by atoms with Crippen molar-refractivity contribution in [1.29, 1.82) is 0 Å². The van der Waals surface area contributed by atoms with E-state index in [9.17, 15) is 9.18 Å². The van der Waals surface area contributed by atoms with Gasteiger partial charge < -0.3 is 16.0 Å². The number of rotatable bonds is 5. The number of benzene rings is 1. The summed E-state index contributed by atoms with van der Waals surface area (Å²) in [7, 11) is 1.76. The summed E-state index contributed by atoms with van der Waals surface area (Å²) in [6, 6.07) is 4.42. The van der Waals surface area contributed by atoms with Gasteiger partial charge in [0.15, 0.2) is 5.82 Å². The average molecular weight is 378 g/mol. The minimum Gasteiger partial charge on any atom is -0.365 e. The van der Waals surface area contributed by atoms with Crippen molar-refractivity contribution in [2.24, 2.45) is 16.6 Å². The Kier molecular flexibility index (Phi) is 5.56. The van der Waals surface area contributed by atoms with E-state index >= 15 is 0 Å². The first-order valence-electron chi connectivity index (χ1n) is 8.53. The lowest BCUT2D eigenvalue weighted by Crippen LogP contribution is -2.25. The van der Waals surface area contributed by atoms with Gasteiger partial charge in [-0.15, -0.1) is 0 Å². The summed E-state index contributed by atoms with van der Waals surface area (Å²) in [6.07, 6.45) is 7.81. The zero-order chi connectivity index (χ0) is 18.7. The van der Waals surface area contributed by atoms with Crippen LogP contribution in [0, 0.1) is 11.7 Å². The lowest BCUT2D eigenvalue weighted by molar-refractivity contribution is 0.100. The van der Waals surface area contributed by atoms with E-state index in [0.717, 1.165) is 25.7 Å². The summed E-state index contributed by atoms with van der Waals surface area (Å²) in [5, 5.41) is 7.51. The van der Waals surface area contributed by atoms with E-state index < -0.39 is 11.7 Å². The van der Waals surface area contributed by atoms with Crippen LogP contribution in [-0.2, 0) is 0 Å². The standard InChI is InChI=1S/C18H21ClFN5O/c1-22-9-11-4-2-3-5-16(11)25-10-13(17(21)26)18(24-25)23-12-6-7-14(19)15(20)8-12/h6-11,16H,2-5H2,1H3,(H2,21,26)(H,23,24)/t11-,16+/m1/s1. The molecule has 0 radical (unpaired) electrons. The number of anilines is 2. The highest BCUT2D eigenvalue weighted by atomic mass is 35.5. The van der Waals surface area contributed by atoms with Gasteiger partial charge >= 0.3 is 0 Å². The fraction of sp³-hybridized carbons (Fsp3) is 0.389. The second kappa shape index (κ2) is 7.86. The molecule has 1 aromatic heterocycles. The van der Waals surface area contributed by atoms with E-state index in [0.29, 0.717) is 11.5 Å². The molecule has 6 nitrogen and oxygen atoms in total. The van der Waals surface area contributed by atoms with Gasteiger partial charge in [-0.2, -0.15) is 5.10 Å². The Morgan fingerprint density at radius 2 is 2.23 bits per heavy atom. The molecule has 0 bridgehead atoms. The number of hydrogen-bond acceptors (Lipinski definition) is 4. The number of carbonyl (C=O) groups excluding carboxylic acids is 1. The number of hydrogen-bond donors (Lipinski definition) is 2. The molecule has 1 aromatic carbocycles. The Hall–Kier alpha value is -2.41. The second-order valence-corrected chi connectivity index (χ2v) is 6.82. The monoisotopic (exact) mass is 377 g/mol. The van der Waals surface area contributed by atoms with Crippen LogP contribution in [-0.4, -0.2) is 28.9 Å². The maximum atomic E-state index is 13.7. The molecule has 0 aliphatic heterocycles. The fourth-order valence-electron chi connectivity index (χ4n) is 3.38. The van der Waals surface area contributed by atoms with Gasteiger partial charge in [-0.25, -0.2) is 4.39 Å². The van der Waals surface area contributed by atoms with Crippen LogP contribution in [0.5, 0.6) is 0 Å². The fourth-order valence-corrected chi connectivity index (χ4v) is 3.50. The summed E-state index contributed by atoms with van der Waals surface area (Å²) in [5.74, 6) is -0.583. The number of nitrogens with two attached hydrogens (primary N) is 1. The van der Waals surface area contributed by atoms with Gasteiger partial charge in [0.25, 0.3) is 5.91 Å². The van der Waals surface area contributed by atoms with Crippen molar-refractivity contribution in [1.82, 2.24) is 9.78 Å². The molecule has 1 saturated carbocycles. The lowest BCUT2D eigenvalue weighted by atomic mass is 9.85. The van der Waals surface area contributed by atoms with Crippen LogP contribution < -0.4 is 11.1 Å². The minimum absolute atomic E-state index is 0.0279. The van der Waals surface area contributed by atoms with Gasteiger partial charge in [-0.05, 0) is 31.0 Å². The maximum absolute atomic E-state index is 13.7. The van der Waals surface area contributed by atoms with Crippen LogP contribution in [0.4, 0.5) is 15.9 Å². The first-order chi connectivity index (χ1) is 12.5. The van der Waals surface area contributed by atoms with Gasteiger partial charge in [-0.3, -0.25) is 9.48 Å². The Bertz CT molecular complexity index is 835. The number of nitrogens with one attached hydrogen (secondary N) is 1. The summed E-state index contributed by atoms with van der Waals surface area (Å²) < 4.78 is 15.4. The molecular formula is C18H21ClFN5O. The number of carbonyl (C=O) groups is 1. The number of aromatic nitrogens is 2. The van der Waals surface area contributed by atoms with Crippen LogP contribution in [0.1, 0.15) is 42.1 Å². The molecule has 0 unspecified atom stereocenters. The SMILES string of the molecule is CN=C[C@H]1CCCC[C@@H]1n1cc(C(N)=O)c(Nc2ccc(Cl)c(F)c2)n1. The minimum atomic E-state index is -0.593. The molecule has 0 saturated heterocycles. The topological polar surface area (TPSA) is 85.3 Å². The van der Waals surface area contributed by atoms with Crippen LogP contribution in [0.3, 0.4) is 0 Å². The molecule has 1 fully saturated rings. The van der Waals surface area contributed by atoms with E-state index in [4.69, 9.17) is 17.3 Å². The van der Waals surface area contributed by atoms with Crippen LogP contribution in [0.2, 0.25) is 5.02 Å². The quantitative estimate of drug-likeness (QED) is 0.773. The third kappa shape index (κ3) is 3.88. The Morgan fingerprint density at radius 3 is 2.92 bits per heavy atom. The van der Waals surface area contributed by atoms with Gasteiger partial charge in [0.1, 0.15) is 11.4 Å². The van der Waals surface area contributed by atoms with Crippen molar-refractivity contribution < 1.29 is 9.18 Å². The van der Waals surface area contributed by atoms with Crippen molar-refractivity contribution in [3.05, 3.63) is 40.8 Å². The van der Waals surface area contributed by atoms with E-state index in [-0.39, 0.29) is 22.5 Å². The zero-order valence-corrected chi connectivity index (χ0v) is 15.2. The highest BCUT2D eigenvalue weighted by Gasteiger charge is 2.27. The highest BCUT2D eigenvalue weighted by molar-refractivity contribution is 6.30. The smallest absolute Gasteiger partial charge is 0.254 e. The zero-order valence-electron chi connectivity index (χ0n) is 14.5. The molecule has 2 aromatic rings. The average Bonchev–Trinajstić information content (AvgIpc) is 3.03. The first-order valence-corrected chi connectivity index (χ1v) is 8.90. The van der Waals surface area contributed by atoms with Crippen molar-refractivity contribution in [3.63, 3.8) is 0 Å². The van der Waals surface area contributed by atoms with Crippen LogP contribution in [0.25, 0.3) is 0 Å². The second-order valence-electron chi connectivity index (χ2n) is 6.41. The molecular weight excluding hydrogens is 357 g/mol. The van der Waals surface area contributed by atoms with E-state index in [1.54, 1.807) is 24.0 Å². The Morgan fingerprint density at radius 1 is 1.46 bits per heavy atom. The number of halogens is 2. The van der Waals surface area contributed by atoms with Gasteiger partial charge in [-0.1, -0.05) is 24.4 Å². The number of aliphatic imine (C=N–C) groups is 1. The van der Waals surface area contributed by atoms with E-state index in [1.165, 1.54) is 12.1 Å². The van der Waals surface area contributed by atoms with Crippen molar-refractivity contribution in [3.8, 4) is 0 Å². The Labute approximate surface area is 156 Å². The number of nitrogens with zero attached hydrogens (tertiary/aromatic N) is 3. The molecule has 1 aliphatic rings. The molecule has 3 N–H and O–H groups in total. The Balaban J connectivity index is 1.92. The van der Waals surface area contributed by atoms with Crippen molar-refractivity contribution in [2.45, 2.75) is 31.7 Å². The lowest BCUT2D eigenvalue weighted by Gasteiger charge is -2.29. The maximum Gasteiger partial charge on any atom is 0.254 e. The van der Waals surface area contributed by atoms with E-state index in [2.05, 4.69) is 15.4 Å². The third-order valence-electron chi connectivity index (χ3n) is 4.64. The summed E-state index contributed by atoms with van der Waals surface area (Å²) in [6.45, 7) is 0. The van der Waals surface area contributed by atoms with Gasteiger partial charge in [0.05, 0.1) is 11.1 Å². The summed E-state index contributed by atoms with van der Waals surface area (Å²) in [4.78, 5) is 16.0. The van der Waals surface area contributed by atoms with Crippen molar-refractivity contribution in [2.75, 3.05) is 12.4 Å². The molecule has 1 amide bonds. The molecule has 2 atom stereocenters. The molecule has 1 heterocycles. The molecule has 1 aliphatic carbocycles. The summed E-state index contributed by atoms with van der Waals surface area (Å²) in [5.41, 5.74) is 6.21. The van der Waals surface area contributed by atoms with E-state index in [1.807, 2.05) is 6.21 Å². The van der Waals surface area contributed by atoms with Gasteiger partial charge in [0.2, 0.25) is 0 Å².